The highest BCUT2D eigenvalue weighted by molar-refractivity contribution is 6.42. The lowest BCUT2D eigenvalue weighted by atomic mass is 10.2. The molecule has 0 aliphatic carbocycles. The first-order valence-electron chi connectivity index (χ1n) is 9.57. The Morgan fingerprint density at radius 2 is 1.67 bits per heavy atom. The second-order valence-corrected chi connectivity index (χ2v) is 8.04. The zero-order chi connectivity index (χ0) is 21.4. The average Bonchev–Trinajstić information content (AvgIpc) is 3.35. The van der Waals surface area contributed by atoms with Crippen molar-refractivity contribution in [3.63, 3.8) is 0 Å². The summed E-state index contributed by atoms with van der Waals surface area (Å²) in [4.78, 5) is 28.5. The van der Waals surface area contributed by atoms with Crippen LogP contribution in [0.5, 0.6) is 0 Å². The van der Waals surface area contributed by atoms with Crippen LogP contribution in [-0.4, -0.2) is 62.1 Å². The molecule has 3 heterocycles. The minimum absolute atomic E-state index is 0.0222. The first kappa shape index (κ1) is 20.5. The summed E-state index contributed by atoms with van der Waals surface area (Å²) in [6.07, 6.45) is 1.93. The molecule has 3 aromatic rings. The van der Waals surface area contributed by atoms with E-state index in [1.807, 2.05) is 29.9 Å². The molecule has 0 saturated carbocycles. The van der Waals surface area contributed by atoms with E-state index in [1.54, 1.807) is 45.7 Å². The number of piperazine rings is 1. The number of halogens is 2. The van der Waals surface area contributed by atoms with Crippen LogP contribution in [0.1, 0.15) is 17.4 Å². The van der Waals surface area contributed by atoms with E-state index < -0.39 is 0 Å². The summed E-state index contributed by atoms with van der Waals surface area (Å²) in [5.41, 5.74) is 2.65. The van der Waals surface area contributed by atoms with E-state index in [2.05, 4.69) is 0 Å². The normalized spacial score (nSPS) is 14.3. The summed E-state index contributed by atoms with van der Waals surface area (Å²) in [5.74, 6) is -0.119. The fourth-order valence-corrected chi connectivity index (χ4v) is 3.88. The van der Waals surface area contributed by atoms with Gasteiger partial charge in [-0.05, 0) is 36.4 Å². The van der Waals surface area contributed by atoms with E-state index in [-0.39, 0.29) is 11.8 Å². The smallest absolute Gasteiger partial charge is 0.272 e. The molecule has 156 valence electrons. The molecule has 0 bridgehead atoms. The lowest BCUT2D eigenvalue weighted by molar-refractivity contribution is -0.130. The summed E-state index contributed by atoms with van der Waals surface area (Å²) in [7, 11) is 1.93. The standard InChI is InChI=1S/C21H21Cl2N5O2/c1-14(29)26-8-10-27(11-9-26)21(30)20-13-18(19-4-3-7-25(19)2)24-28(20)15-5-6-16(22)17(23)12-15/h3-7,12-13H,8-11H2,1-2H3. The van der Waals surface area contributed by atoms with Crippen molar-refractivity contribution in [2.45, 2.75) is 6.92 Å². The molecule has 2 amide bonds. The van der Waals surface area contributed by atoms with Crippen LogP contribution in [0, 0.1) is 0 Å². The molecule has 0 N–H and O–H groups in total. The Bertz CT molecular complexity index is 1110. The molecular formula is C21H21Cl2N5O2. The largest absolute Gasteiger partial charge is 0.349 e. The average molecular weight is 446 g/mol. The minimum Gasteiger partial charge on any atom is -0.349 e. The summed E-state index contributed by atoms with van der Waals surface area (Å²) in [5, 5.41) is 5.52. The second kappa shape index (κ2) is 8.16. The van der Waals surface area contributed by atoms with Gasteiger partial charge in [0.1, 0.15) is 11.4 Å². The van der Waals surface area contributed by atoms with Gasteiger partial charge in [-0.1, -0.05) is 23.2 Å². The molecule has 1 aromatic carbocycles. The SMILES string of the molecule is CC(=O)N1CCN(C(=O)c2cc(-c3cccn3C)nn2-c2ccc(Cl)c(Cl)c2)CC1. The topological polar surface area (TPSA) is 63.4 Å². The van der Waals surface area contributed by atoms with Crippen LogP contribution in [0.25, 0.3) is 17.1 Å². The third-order valence-electron chi connectivity index (χ3n) is 5.29. The van der Waals surface area contributed by atoms with Crippen molar-refractivity contribution >= 4 is 35.0 Å². The van der Waals surface area contributed by atoms with Crippen molar-refractivity contribution in [3.05, 3.63) is 58.3 Å². The van der Waals surface area contributed by atoms with Crippen LogP contribution in [0.3, 0.4) is 0 Å². The third-order valence-corrected chi connectivity index (χ3v) is 6.03. The highest BCUT2D eigenvalue weighted by atomic mass is 35.5. The monoisotopic (exact) mass is 445 g/mol. The van der Waals surface area contributed by atoms with Crippen molar-refractivity contribution in [3.8, 4) is 17.1 Å². The molecule has 0 unspecified atom stereocenters. The Morgan fingerprint density at radius 3 is 2.27 bits per heavy atom. The molecule has 1 fully saturated rings. The molecule has 0 spiro atoms. The highest BCUT2D eigenvalue weighted by Crippen LogP contribution is 2.28. The molecule has 2 aromatic heterocycles. The van der Waals surface area contributed by atoms with Crippen LogP contribution in [0.4, 0.5) is 0 Å². The third kappa shape index (κ3) is 3.82. The van der Waals surface area contributed by atoms with Gasteiger partial charge in [0, 0.05) is 46.3 Å². The molecule has 1 aliphatic heterocycles. The van der Waals surface area contributed by atoms with Crippen molar-refractivity contribution in [2.24, 2.45) is 7.05 Å². The minimum atomic E-state index is -0.141. The van der Waals surface area contributed by atoms with E-state index >= 15 is 0 Å². The van der Waals surface area contributed by atoms with Gasteiger partial charge in [-0.2, -0.15) is 5.10 Å². The number of nitrogens with zero attached hydrogens (tertiary/aromatic N) is 5. The van der Waals surface area contributed by atoms with Gasteiger partial charge in [0.05, 0.1) is 21.4 Å². The number of amides is 2. The Morgan fingerprint density at radius 1 is 0.967 bits per heavy atom. The lowest BCUT2D eigenvalue weighted by Gasteiger charge is -2.34. The van der Waals surface area contributed by atoms with E-state index in [4.69, 9.17) is 28.3 Å². The maximum atomic E-state index is 13.4. The van der Waals surface area contributed by atoms with Crippen molar-refractivity contribution in [2.75, 3.05) is 26.2 Å². The van der Waals surface area contributed by atoms with Crippen LogP contribution < -0.4 is 0 Å². The number of aryl methyl sites for hydroxylation is 1. The zero-order valence-corrected chi connectivity index (χ0v) is 18.2. The molecular weight excluding hydrogens is 425 g/mol. The number of carbonyl (C=O) groups excluding carboxylic acids is 2. The Hall–Kier alpha value is -2.77. The van der Waals surface area contributed by atoms with Crippen LogP contribution >= 0.6 is 23.2 Å². The molecule has 4 rings (SSSR count). The van der Waals surface area contributed by atoms with Gasteiger partial charge in [0.15, 0.2) is 0 Å². The number of aromatic nitrogens is 3. The van der Waals surface area contributed by atoms with Gasteiger partial charge in [-0.25, -0.2) is 4.68 Å². The number of hydrogen-bond donors (Lipinski definition) is 0. The van der Waals surface area contributed by atoms with Crippen LogP contribution in [0.15, 0.2) is 42.6 Å². The molecule has 9 heteroatoms. The van der Waals surface area contributed by atoms with E-state index in [9.17, 15) is 9.59 Å². The maximum Gasteiger partial charge on any atom is 0.272 e. The molecule has 0 atom stereocenters. The maximum absolute atomic E-state index is 13.4. The molecule has 0 radical (unpaired) electrons. The van der Waals surface area contributed by atoms with Crippen molar-refractivity contribution in [1.82, 2.24) is 24.1 Å². The summed E-state index contributed by atoms with van der Waals surface area (Å²) < 4.78 is 3.55. The fraction of sp³-hybridized carbons (Fsp3) is 0.286. The van der Waals surface area contributed by atoms with Gasteiger partial charge >= 0.3 is 0 Å². The predicted molar refractivity (Wildman–Crippen MR) is 116 cm³/mol. The number of benzene rings is 1. The van der Waals surface area contributed by atoms with Crippen molar-refractivity contribution in [1.29, 1.82) is 0 Å². The summed E-state index contributed by atoms with van der Waals surface area (Å²) in [6.45, 7) is 3.54. The van der Waals surface area contributed by atoms with Gasteiger partial charge < -0.3 is 14.4 Å². The highest BCUT2D eigenvalue weighted by Gasteiger charge is 2.27. The molecule has 30 heavy (non-hydrogen) atoms. The van der Waals surface area contributed by atoms with Gasteiger partial charge in [-0.15, -0.1) is 0 Å². The van der Waals surface area contributed by atoms with Crippen molar-refractivity contribution < 1.29 is 9.59 Å². The number of carbonyl (C=O) groups is 2. The van der Waals surface area contributed by atoms with Gasteiger partial charge in [0.25, 0.3) is 5.91 Å². The van der Waals surface area contributed by atoms with E-state index in [1.165, 1.54) is 0 Å². The Kier molecular flexibility index (Phi) is 5.58. The van der Waals surface area contributed by atoms with Crippen LogP contribution in [-0.2, 0) is 11.8 Å². The summed E-state index contributed by atoms with van der Waals surface area (Å²) in [6, 6.07) is 10.8. The Labute approximate surface area is 184 Å². The quantitative estimate of drug-likeness (QED) is 0.619. The molecule has 1 aliphatic rings. The number of hydrogen-bond acceptors (Lipinski definition) is 3. The zero-order valence-electron chi connectivity index (χ0n) is 16.7. The van der Waals surface area contributed by atoms with E-state index in [0.717, 1.165) is 5.69 Å². The summed E-state index contributed by atoms with van der Waals surface area (Å²) >= 11 is 12.3. The van der Waals surface area contributed by atoms with E-state index in [0.29, 0.717) is 53.3 Å². The van der Waals surface area contributed by atoms with Crippen LogP contribution in [0.2, 0.25) is 10.0 Å². The first-order chi connectivity index (χ1) is 14.3. The molecule has 1 saturated heterocycles. The Balaban J connectivity index is 1.73. The number of rotatable bonds is 3. The predicted octanol–water partition coefficient (Wildman–Crippen LogP) is 3.49. The van der Waals surface area contributed by atoms with Gasteiger partial charge in [-0.3, -0.25) is 9.59 Å². The van der Waals surface area contributed by atoms with Gasteiger partial charge in [0.2, 0.25) is 5.91 Å². The lowest BCUT2D eigenvalue weighted by Crippen LogP contribution is -2.50. The fourth-order valence-electron chi connectivity index (χ4n) is 3.59. The molecule has 7 nitrogen and oxygen atoms in total. The second-order valence-electron chi connectivity index (χ2n) is 7.23. The first-order valence-corrected chi connectivity index (χ1v) is 10.3.